The molecule has 5 rings (SSSR count). The summed E-state index contributed by atoms with van der Waals surface area (Å²) in [6.07, 6.45) is 1.48. The van der Waals surface area contributed by atoms with Crippen molar-refractivity contribution in [3.05, 3.63) is 112 Å². The normalized spacial score (nSPS) is 11.0. The van der Waals surface area contributed by atoms with Gasteiger partial charge < -0.3 is 19.2 Å². The van der Waals surface area contributed by atoms with Crippen molar-refractivity contribution in [2.24, 2.45) is 5.10 Å². The average Bonchev–Trinajstić information content (AvgIpc) is 3.39. The zero-order valence-electron chi connectivity index (χ0n) is 21.6. The molecule has 9 heteroatoms. The minimum Gasteiger partial charge on any atom is -0.497 e. The first-order valence-corrected chi connectivity index (χ1v) is 13.0. The maximum absolute atomic E-state index is 13.2. The summed E-state index contributed by atoms with van der Waals surface area (Å²) < 4.78 is 16.9. The molecule has 0 atom stereocenters. The highest BCUT2D eigenvalue weighted by Gasteiger charge is 2.20. The SMILES string of the molecule is COc1ccc(C(=O)Oc2ccc(C=NNC(=O)c3[nH]c4c(Br)cccc4c3-c3ccccc3)cc2OC)cc1. The summed E-state index contributed by atoms with van der Waals surface area (Å²) in [6, 6.07) is 27.1. The molecule has 0 aliphatic carbocycles. The molecule has 0 aliphatic heterocycles. The van der Waals surface area contributed by atoms with Gasteiger partial charge in [-0.2, -0.15) is 5.10 Å². The number of rotatable bonds is 8. The fourth-order valence-corrected chi connectivity index (χ4v) is 4.68. The molecule has 1 amide bonds. The third kappa shape index (κ3) is 5.60. The predicted molar refractivity (Wildman–Crippen MR) is 157 cm³/mol. The lowest BCUT2D eigenvalue weighted by atomic mass is 10.0. The van der Waals surface area contributed by atoms with E-state index in [1.54, 1.807) is 49.6 Å². The number of fused-ring (bicyclic) bond motifs is 1. The van der Waals surface area contributed by atoms with Crippen molar-refractivity contribution < 1.29 is 23.8 Å². The molecule has 1 heterocycles. The van der Waals surface area contributed by atoms with Gasteiger partial charge in [0.05, 0.1) is 31.5 Å². The first-order chi connectivity index (χ1) is 19.5. The Morgan fingerprint density at radius 1 is 0.875 bits per heavy atom. The van der Waals surface area contributed by atoms with E-state index in [1.165, 1.54) is 13.3 Å². The van der Waals surface area contributed by atoms with Gasteiger partial charge in [0.25, 0.3) is 5.91 Å². The number of benzene rings is 4. The Hall–Kier alpha value is -4.89. The Kier molecular flexibility index (Phi) is 7.93. The number of H-pyrrole nitrogens is 1. The highest BCUT2D eigenvalue weighted by atomic mass is 79.9. The Balaban J connectivity index is 1.33. The Labute approximate surface area is 238 Å². The lowest BCUT2D eigenvalue weighted by Gasteiger charge is -2.10. The van der Waals surface area contributed by atoms with Gasteiger partial charge in [0, 0.05) is 15.4 Å². The number of ether oxygens (including phenoxy) is 3. The molecule has 1 aromatic heterocycles. The number of aromatic amines is 1. The van der Waals surface area contributed by atoms with Gasteiger partial charge in [0.15, 0.2) is 11.5 Å². The maximum atomic E-state index is 13.2. The van der Waals surface area contributed by atoms with Crippen molar-refractivity contribution in [3.63, 3.8) is 0 Å². The molecule has 2 N–H and O–H groups in total. The highest BCUT2D eigenvalue weighted by molar-refractivity contribution is 9.10. The number of hydrogen-bond donors (Lipinski definition) is 2. The predicted octanol–water partition coefficient (Wildman–Crippen LogP) is 6.60. The van der Waals surface area contributed by atoms with Crippen LogP contribution in [0, 0.1) is 0 Å². The lowest BCUT2D eigenvalue weighted by molar-refractivity contribution is 0.0729. The number of hydrogen-bond acceptors (Lipinski definition) is 6. The van der Waals surface area contributed by atoms with Crippen LogP contribution in [0.25, 0.3) is 22.0 Å². The molecule has 0 spiro atoms. The van der Waals surface area contributed by atoms with Gasteiger partial charge in [-0.3, -0.25) is 4.79 Å². The number of halogens is 1. The van der Waals surface area contributed by atoms with E-state index in [0.29, 0.717) is 28.3 Å². The first-order valence-electron chi connectivity index (χ1n) is 12.2. The molecule has 0 fully saturated rings. The van der Waals surface area contributed by atoms with Gasteiger partial charge in [-0.1, -0.05) is 42.5 Å². The molecule has 200 valence electrons. The zero-order valence-corrected chi connectivity index (χ0v) is 23.2. The van der Waals surface area contributed by atoms with Crippen molar-refractivity contribution in [3.8, 4) is 28.4 Å². The van der Waals surface area contributed by atoms with Crippen LogP contribution < -0.4 is 19.6 Å². The zero-order chi connectivity index (χ0) is 28.1. The van der Waals surface area contributed by atoms with Crippen LogP contribution >= 0.6 is 15.9 Å². The number of carbonyl (C=O) groups is 2. The van der Waals surface area contributed by atoms with Gasteiger partial charge in [0.1, 0.15) is 11.4 Å². The summed E-state index contributed by atoms with van der Waals surface area (Å²) in [7, 11) is 3.03. The number of esters is 1. The van der Waals surface area contributed by atoms with Gasteiger partial charge in [-0.25, -0.2) is 10.2 Å². The molecule has 0 unspecified atom stereocenters. The fraction of sp³-hybridized carbons (Fsp3) is 0.0645. The molecule has 4 aromatic carbocycles. The monoisotopic (exact) mass is 597 g/mol. The van der Waals surface area contributed by atoms with E-state index in [2.05, 4.69) is 31.4 Å². The van der Waals surface area contributed by atoms with Crippen LogP contribution in [0.15, 0.2) is 101 Å². The van der Waals surface area contributed by atoms with Gasteiger partial charge in [-0.05, 0) is 75.6 Å². The summed E-state index contributed by atoms with van der Waals surface area (Å²) >= 11 is 3.56. The molecule has 0 saturated heterocycles. The van der Waals surface area contributed by atoms with Crippen LogP contribution in [0.3, 0.4) is 0 Å². The topological polar surface area (TPSA) is 102 Å². The second-order valence-electron chi connectivity index (χ2n) is 8.63. The van der Waals surface area contributed by atoms with Crippen LogP contribution in [0.4, 0.5) is 0 Å². The molecular formula is C31H24BrN3O5. The number of carbonyl (C=O) groups excluding carboxylic acids is 2. The van der Waals surface area contributed by atoms with Crippen LogP contribution in [0.1, 0.15) is 26.4 Å². The first kappa shape index (κ1) is 26.7. The highest BCUT2D eigenvalue weighted by Crippen LogP contribution is 2.35. The summed E-state index contributed by atoms with van der Waals surface area (Å²) in [5.41, 5.74) is 6.51. The van der Waals surface area contributed by atoms with Gasteiger partial charge >= 0.3 is 5.97 Å². The van der Waals surface area contributed by atoms with Crippen molar-refractivity contribution in [2.75, 3.05) is 14.2 Å². The van der Waals surface area contributed by atoms with Gasteiger partial charge in [-0.15, -0.1) is 0 Å². The van der Waals surface area contributed by atoms with E-state index in [9.17, 15) is 9.59 Å². The van der Waals surface area contributed by atoms with E-state index in [4.69, 9.17) is 14.2 Å². The molecule has 0 saturated carbocycles. The Bertz CT molecular complexity index is 1710. The maximum Gasteiger partial charge on any atom is 0.343 e. The van der Waals surface area contributed by atoms with Crippen LogP contribution in [0.2, 0.25) is 0 Å². The summed E-state index contributed by atoms with van der Waals surface area (Å²) in [5.74, 6) is 0.298. The van der Waals surface area contributed by atoms with E-state index in [1.807, 2.05) is 48.5 Å². The molecule has 8 nitrogen and oxygen atoms in total. The molecule has 0 bridgehead atoms. The molecular weight excluding hydrogens is 574 g/mol. The van der Waals surface area contributed by atoms with Crippen molar-refractivity contribution >= 4 is 44.9 Å². The van der Waals surface area contributed by atoms with Crippen molar-refractivity contribution in [1.29, 1.82) is 0 Å². The fourth-order valence-electron chi connectivity index (χ4n) is 4.21. The lowest BCUT2D eigenvalue weighted by Crippen LogP contribution is -2.18. The third-order valence-corrected chi connectivity index (χ3v) is 6.83. The number of amides is 1. The van der Waals surface area contributed by atoms with E-state index >= 15 is 0 Å². The third-order valence-electron chi connectivity index (χ3n) is 6.17. The van der Waals surface area contributed by atoms with E-state index in [0.717, 1.165) is 26.5 Å². The number of aromatic nitrogens is 1. The van der Waals surface area contributed by atoms with Crippen LogP contribution in [-0.2, 0) is 0 Å². The second-order valence-corrected chi connectivity index (χ2v) is 9.49. The summed E-state index contributed by atoms with van der Waals surface area (Å²) in [5, 5.41) is 5.06. The second kappa shape index (κ2) is 11.9. The molecule has 0 radical (unpaired) electrons. The summed E-state index contributed by atoms with van der Waals surface area (Å²) in [4.78, 5) is 29.0. The molecule has 5 aromatic rings. The summed E-state index contributed by atoms with van der Waals surface area (Å²) in [6.45, 7) is 0. The number of nitrogens with one attached hydrogen (secondary N) is 2. The Morgan fingerprint density at radius 3 is 2.38 bits per heavy atom. The van der Waals surface area contributed by atoms with Crippen LogP contribution in [0.5, 0.6) is 17.2 Å². The van der Waals surface area contributed by atoms with Crippen LogP contribution in [-0.4, -0.2) is 37.3 Å². The quantitative estimate of drug-likeness (QED) is 0.0908. The minimum atomic E-state index is -0.533. The van der Waals surface area contributed by atoms with Crippen molar-refractivity contribution in [1.82, 2.24) is 10.4 Å². The number of nitrogens with zero attached hydrogens (tertiary/aromatic N) is 1. The minimum absolute atomic E-state index is 0.251. The smallest absolute Gasteiger partial charge is 0.343 e. The number of para-hydroxylation sites is 1. The average molecular weight is 598 g/mol. The molecule has 40 heavy (non-hydrogen) atoms. The standard InChI is InChI=1S/C31H24BrN3O5/c1-38-22-14-12-21(13-15-22)31(37)40-25-16-11-19(17-26(25)39-2)18-33-35-30(36)29-27(20-7-4-3-5-8-20)23-9-6-10-24(32)28(23)34-29/h3-18,34H,1-2H3,(H,35,36). The molecule has 0 aliphatic rings. The van der Waals surface area contributed by atoms with E-state index in [-0.39, 0.29) is 5.75 Å². The number of methoxy groups -OCH3 is 2. The number of hydrazone groups is 1. The van der Waals surface area contributed by atoms with Crippen molar-refractivity contribution in [2.45, 2.75) is 0 Å². The van der Waals surface area contributed by atoms with E-state index < -0.39 is 11.9 Å². The largest absolute Gasteiger partial charge is 0.497 e. The Morgan fingerprint density at radius 2 is 1.65 bits per heavy atom. The van der Waals surface area contributed by atoms with Gasteiger partial charge in [0.2, 0.25) is 0 Å².